The van der Waals surface area contributed by atoms with Gasteiger partial charge in [-0.2, -0.15) is 16.8 Å². The lowest BCUT2D eigenvalue weighted by molar-refractivity contribution is 0.347. The summed E-state index contributed by atoms with van der Waals surface area (Å²) in [4.78, 5) is 0. The minimum atomic E-state index is -5.24. The van der Waals surface area contributed by atoms with Crippen LogP contribution in [0, 0.1) is 6.92 Å². The highest BCUT2D eigenvalue weighted by Gasteiger charge is 2.25. The summed E-state index contributed by atoms with van der Waals surface area (Å²) in [6.07, 6.45) is 0. The van der Waals surface area contributed by atoms with Crippen molar-refractivity contribution >= 4 is 31.6 Å². The van der Waals surface area contributed by atoms with Crippen molar-refractivity contribution in [1.82, 2.24) is 0 Å². The van der Waals surface area contributed by atoms with Gasteiger partial charge in [0.1, 0.15) is 5.75 Å². The van der Waals surface area contributed by atoms with E-state index in [2.05, 4.69) is 7.81 Å². The number of aromatic hydroxyl groups is 1. The third-order valence-electron chi connectivity index (χ3n) is 2.51. The Morgan fingerprint density at radius 2 is 1.62 bits per heavy atom. The monoisotopic (exact) mass is 334 g/mol. The second kappa shape index (κ2) is 5.15. The zero-order valence-corrected chi connectivity index (χ0v) is 12.2. The predicted octanol–water partition coefficient (Wildman–Crippen LogP) is 1.30. The molecule has 0 spiro atoms. The van der Waals surface area contributed by atoms with Crippen molar-refractivity contribution < 1.29 is 34.3 Å². The molecule has 0 aromatic heterocycles. The molecule has 8 nitrogen and oxygen atoms in total. The van der Waals surface area contributed by atoms with Gasteiger partial charge in [-0.3, -0.25) is 4.55 Å². The molecule has 2 N–H and O–H groups in total. The first-order valence-electron chi connectivity index (χ1n) is 5.43. The average molecular weight is 334 g/mol. The van der Waals surface area contributed by atoms with Crippen molar-refractivity contribution in [3.05, 3.63) is 35.9 Å². The van der Waals surface area contributed by atoms with Gasteiger partial charge in [-0.05, 0) is 18.6 Å². The van der Waals surface area contributed by atoms with E-state index in [1.807, 2.05) is 0 Å². The van der Waals surface area contributed by atoms with Gasteiger partial charge in [0.25, 0.3) is 0 Å². The van der Waals surface area contributed by atoms with Crippen LogP contribution in [-0.4, -0.2) is 26.5 Å². The predicted molar refractivity (Wildman–Crippen MR) is 72.5 cm³/mol. The second-order valence-corrected chi connectivity index (χ2v) is 6.46. The largest absolute Gasteiger partial charge is 0.507 e. The summed E-state index contributed by atoms with van der Waals surface area (Å²) in [5.74, 6) is -0.310. The molecule has 0 amide bonds. The fraction of sp³-hybridized carbons (Fsp3) is 0.0909. The number of hydrogen-bond acceptors (Lipinski definition) is 7. The summed E-state index contributed by atoms with van der Waals surface area (Å²) in [6.45, 7) is 1.45. The SMILES string of the molecule is Cc1cc(O)c2ccccc2c1OS(=O)(=O)OS(=O)(=O)O. The molecule has 21 heavy (non-hydrogen) atoms. The number of aryl methyl sites for hydroxylation is 1. The van der Waals surface area contributed by atoms with Crippen LogP contribution in [0.25, 0.3) is 10.8 Å². The molecular weight excluding hydrogens is 324 g/mol. The second-order valence-electron chi connectivity index (χ2n) is 4.07. The maximum absolute atomic E-state index is 11.5. The third-order valence-corrected chi connectivity index (χ3v) is 4.24. The highest BCUT2D eigenvalue weighted by Crippen LogP contribution is 2.36. The molecule has 10 heteroatoms. The van der Waals surface area contributed by atoms with Gasteiger partial charge in [-0.1, -0.05) is 27.9 Å². The summed E-state index contributed by atoms with van der Waals surface area (Å²) in [5, 5.41) is 10.3. The number of phenolic OH excluding ortho intramolecular Hbond substituents is 1. The molecule has 0 aliphatic heterocycles. The van der Waals surface area contributed by atoms with Crippen LogP contribution in [0.2, 0.25) is 0 Å². The topological polar surface area (TPSA) is 127 Å². The van der Waals surface area contributed by atoms with E-state index >= 15 is 0 Å². The summed E-state index contributed by atoms with van der Waals surface area (Å²) in [7, 11) is -10.3. The van der Waals surface area contributed by atoms with Crippen molar-refractivity contribution in [2.45, 2.75) is 6.92 Å². The molecule has 2 rings (SSSR count). The first-order chi connectivity index (χ1) is 9.59. The van der Waals surface area contributed by atoms with Crippen LogP contribution in [-0.2, 0) is 24.4 Å². The van der Waals surface area contributed by atoms with E-state index in [0.717, 1.165) is 0 Å². The van der Waals surface area contributed by atoms with Gasteiger partial charge in [-0.25, -0.2) is 0 Å². The molecule has 0 fully saturated rings. The zero-order valence-electron chi connectivity index (χ0n) is 10.5. The van der Waals surface area contributed by atoms with Gasteiger partial charge in [0.05, 0.1) is 0 Å². The molecule has 0 heterocycles. The Hall–Kier alpha value is -1.88. The van der Waals surface area contributed by atoms with Crippen molar-refractivity contribution in [3.63, 3.8) is 0 Å². The normalized spacial score (nSPS) is 12.5. The van der Waals surface area contributed by atoms with Gasteiger partial charge in [-0.15, -0.1) is 0 Å². The molecule has 2 aromatic rings. The summed E-state index contributed by atoms with van der Waals surface area (Å²) >= 11 is 0. The Labute approximate surface area is 120 Å². The number of fused-ring (bicyclic) bond motifs is 1. The van der Waals surface area contributed by atoms with Crippen LogP contribution in [0.3, 0.4) is 0 Å². The zero-order chi connectivity index (χ0) is 15.8. The van der Waals surface area contributed by atoms with E-state index in [0.29, 0.717) is 5.39 Å². The van der Waals surface area contributed by atoms with Crippen molar-refractivity contribution in [1.29, 1.82) is 0 Å². The lowest BCUT2D eigenvalue weighted by Crippen LogP contribution is -2.18. The molecule has 0 saturated heterocycles. The Balaban J connectivity index is 2.58. The standard InChI is InChI=1S/C11H10O8S2/c1-7-6-10(12)8-4-2-3-5-9(8)11(7)18-21(16,17)19-20(13,14)15/h2-6,12H,1H3,(H,13,14,15). The third kappa shape index (κ3) is 3.61. The molecule has 0 aliphatic carbocycles. The van der Waals surface area contributed by atoms with E-state index in [4.69, 9.17) is 4.55 Å². The lowest BCUT2D eigenvalue weighted by Gasteiger charge is -2.12. The Kier molecular flexibility index (Phi) is 3.80. The number of rotatable bonds is 4. The van der Waals surface area contributed by atoms with Crippen LogP contribution in [0.15, 0.2) is 30.3 Å². The van der Waals surface area contributed by atoms with Crippen LogP contribution in [0.1, 0.15) is 5.56 Å². The van der Waals surface area contributed by atoms with Crippen molar-refractivity contribution in [2.75, 3.05) is 0 Å². The smallest absolute Gasteiger partial charge is 0.465 e. The van der Waals surface area contributed by atoms with Crippen LogP contribution >= 0.6 is 0 Å². The van der Waals surface area contributed by atoms with Gasteiger partial charge in [0.2, 0.25) is 0 Å². The minimum Gasteiger partial charge on any atom is -0.507 e. The number of phenols is 1. The summed E-state index contributed by atoms with van der Waals surface area (Å²) < 4.78 is 60.3. The Bertz CT molecular complexity index is 899. The summed E-state index contributed by atoms with van der Waals surface area (Å²) in [6, 6.07) is 7.43. The summed E-state index contributed by atoms with van der Waals surface area (Å²) in [5.41, 5.74) is 0.230. The van der Waals surface area contributed by atoms with Gasteiger partial charge >= 0.3 is 20.8 Å². The fourth-order valence-electron chi connectivity index (χ4n) is 1.80. The van der Waals surface area contributed by atoms with Crippen LogP contribution < -0.4 is 4.18 Å². The van der Waals surface area contributed by atoms with Crippen LogP contribution in [0.5, 0.6) is 11.5 Å². The van der Waals surface area contributed by atoms with Gasteiger partial charge in [0.15, 0.2) is 5.75 Å². The highest BCUT2D eigenvalue weighted by molar-refractivity contribution is 7.95. The van der Waals surface area contributed by atoms with E-state index in [-0.39, 0.29) is 22.4 Å². The average Bonchev–Trinajstić information content (AvgIpc) is 2.31. The van der Waals surface area contributed by atoms with E-state index in [9.17, 15) is 21.9 Å². The molecular formula is C11H10O8S2. The fourth-order valence-corrected chi connectivity index (χ4v) is 3.18. The molecule has 0 unspecified atom stereocenters. The minimum absolute atomic E-state index is 0.0939. The molecule has 0 aliphatic rings. The molecule has 2 aromatic carbocycles. The molecule has 0 atom stereocenters. The van der Waals surface area contributed by atoms with Gasteiger partial charge in [0, 0.05) is 10.8 Å². The lowest BCUT2D eigenvalue weighted by atomic mass is 10.1. The molecule has 0 radical (unpaired) electrons. The molecule has 114 valence electrons. The Morgan fingerprint density at radius 1 is 1.05 bits per heavy atom. The number of hydrogen-bond donors (Lipinski definition) is 2. The highest BCUT2D eigenvalue weighted by atomic mass is 32.3. The quantitative estimate of drug-likeness (QED) is 0.801. The maximum atomic E-state index is 11.5. The molecule has 0 bridgehead atoms. The number of benzene rings is 2. The molecule has 0 saturated carbocycles. The van der Waals surface area contributed by atoms with Crippen molar-refractivity contribution in [3.8, 4) is 11.5 Å². The maximum Gasteiger partial charge on any atom is 0.465 e. The first-order valence-corrected chi connectivity index (χ1v) is 8.13. The van der Waals surface area contributed by atoms with Gasteiger partial charge < -0.3 is 9.29 Å². The van der Waals surface area contributed by atoms with E-state index in [1.165, 1.54) is 25.1 Å². The Morgan fingerprint density at radius 3 is 2.19 bits per heavy atom. The van der Waals surface area contributed by atoms with Crippen LogP contribution in [0.4, 0.5) is 0 Å². The van der Waals surface area contributed by atoms with E-state index < -0.39 is 20.8 Å². The van der Waals surface area contributed by atoms with Crippen molar-refractivity contribution in [2.24, 2.45) is 0 Å². The van der Waals surface area contributed by atoms with E-state index in [1.54, 1.807) is 12.1 Å². The first kappa shape index (κ1) is 15.5.